The number of fused-ring (bicyclic) bond motifs is 1. The van der Waals surface area contributed by atoms with Crippen LogP contribution in [-0.2, 0) is 9.53 Å². The molecule has 1 aromatic carbocycles. The lowest BCUT2D eigenvalue weighted by Crippen LogP contribution is -2.40. The number of aromatic nitrogens is 2. The zero-order chi connectivity index (χ0) is 19.6. The van der Waals surface area contributed by atoms with Crippen molar-refractivity contribution in [3.8, 4) is 6.07 Å². The van der Waals surface area contributed by atoms with Crippen LogP contribution in [0.5, 0.6) is 0 Å². The molecular formula is C21H26N4O2. The molecule has 3 atom stereocenters. The first-order valence-electron chi connectivity index (χ1n) is 9.50. The van der Waals surface area contributed by atoms with Crippen molar-refractivity contribution >= 4 is 22.8 Å². The van der Waals surface area contributed by atoms with Crippen molar-refractivity contribution in [1.29, 1.82) is 5.26 Å². The summed E-state index contributed by atoms with van der Waals surface area (Å²) in [5.74, 6) is -0.0149. The molecule has 0 saturated carbocycles. The molecule has 6 heteroatoms. The molecule has 0 radical (unpaired) electrons. The molecule has 0 amide bonds. The van der Waals surface area contributed by atoms with Crippen LogP contribution >= 0.6 is 0 Å². The average molecular weight is 366 g/mol. The van der Waals surface area contributed by atoms with Crippen molar-refractivity contribution in [3.05, 3.63) is 30.0 Å². The standard InChI is InChI=1S/C21H26N4O2/c1-13(2)27-21(26)16(10-22)19-20(25-11-14(3)9-15(4)12-25)24-18-8-6-5-7-17(18)23-19/h5-8,13-16H,9,11-12H2,1-4H3/t14-,15-,16-/m0/s1. The first-order chi connectivity index (χ1) is 12.9. The second kappa shape index (κ2) is 7.91. The predicted molar refractivity (Wildman–Crippen MR) is 104 cm³/mol. The second-order valence-electron chi connectivity index (χ2n) is 7.82. The van der Waals surface area contributed by atoms with E-state index in [0.717, 1.165) is 25.0 Å². The van der Waals surface area contributed by atoms with E-state index in [1.807, 2.05) is 24.3 Å². The van der Waals surface area contributed by atoms with Gasteiger partial charge in [0.1, 0.15) is 5.69 Å². The number of nitriles is 1. The Bertz CT molecular complexity index is 864. The summed E-state index contributed by atoms with van der Waals surface area (Å²) in [4.78, 5) is 24.2. The number of esters is 1. The minimum Gasteiger partial charge on any atom is -0.462 e. The summed E-state index contributed by atoms with van der Waals surface area (Å²) in [5.41, 5.74) is 1.83. The first-order valence-corrected chi connectivity index (χ1v) is 9.50. The van der Waals surface area contributed by atoms with Gasteiger partial charge in [0.15, 0.2) is 11.7 Å². The van der Waals surface area contributed by atoms with Crippen LogP contribution in [0.2, 0.25) is 0 Å². The number of rotatable bonds is 4. The molecule has 1 saturated heterocycles. The Morgan fingerprint density at radius 3 is 2.33 bits per heavy atom. The Labute approximate surface area is 160 Å². The van der Waals surface area contributed by atoms with Crippen molar-refractivity contribution in [2.24, 2.45) is 11.8 Å². The second-order valence-corrected chi connectivity index (χ2v) is 7.82. The maximum absolute atomic E-state index is 12.6. The van der Waals surface area contributed by atoms with Crippen molar-refractivity contribution in [1.82, 2.24) is 9.97 Å². The summed E-state index contributed by atoms with van der Waals surface area (Å²) in [5, 5.41) is 9.72. The minimum atomic E-state index is -1.09. The third-order valence-corrected chi connectivity index (χ3v) is 4.74. The Kier molecular flexibility index (Phi) is 5.59. The number of carbonyl (C=O) groups is 1. The number of hydrogen-bond donors (Lipinski definition) is 0. The van der Waals surface area contributed by atoms with Crippen LogP contribution in [0, 0.1) is 23.2 Å². The van der Waals surface area contributed by atoms with Gasteiger partial charge in [-0.1, -0.05) is 26.0 Å². The number of para-hydroxylation sites is 2. The van der Waals surface area contributed by atoms with E-state index in [1.165, 1.54) is 0 Å². The molecule has 0 unspecified atom stereocenters. The Balaban J connectivity index is 2.11. The fourth-order valence-electron chi connectivity index (χ4n) is 3.79. The summed E-state index contributed by atoms with van der Waals surface area (Å²) >= 11 is 0. The highest BCUT2D eigenvalue weighted by atomic mass is 16.5. The summed E-state index contributed by atoms with van der Waals surface area (Å²) < 4.78 is 5.31. The molecule has 142 valence electrons. The van der Waals surface area contributed by atoms with Gasteiger partial charge < -0.3 is 9.64 Å². The van der Waals surface area contributed by atoms with Gasteiger partial charge in [0.05, 0.1) is 23.2 Å². The number of carbonyl (C=O) groups excluding carboxylic acids is 1. The molecule has 0 spiro atoms. The van der Waals surface area contributed by atoms with Crippen molar-refractivity contribution in [2.75, 3.05) is 18.0 Å². The van der Waals surface area contributed by atoms with Crippen molar-refractivity contribution in [3.63, 3.8) is 0 Å². The van der Waals surface area contributed by atoms with E-state index >= 15 is 0 Å². The monoisotopic (exact) mass is 366 g/mol. The van der Waals surface area contributed by atoms with E-state index in [-0.39, 0.29) is 6.10 Å². The minimum absolute atomic E-state index is 0.291. The van der Waals surface area contributed by atoms with E-state index in [4.69, 9.17) is 9.72 Å². The van der Waals surface area contributed by atoms with Gasteiger partial charge in [-0.3, -0.25) is 4.79 Å². The third-order valence-electron chi connectivity index (χ3n) is 4.74. The van der Waals surface area contributed by atoms with Crippen LogP contribution in [0.15, 0.2) is 24.3 Å². The number of hydrogen-bond acceptors (Lipinski definition) is 6. The van der Waals surface area contributed by atoms with Crippen LogP contribution in [0.1, 0.15) is 45.7 Å². The molecule has 3 rings (SSSR count). The molecule has 2 aromatic rings. The van der Waals surface area contributed by atoms with Crippen LogP contribution in [0.4, 0.5) is 5.82 Å². The van der Waals surface area contributed by atoms with Gasteiger partial charge in [0.2, 0.25) is 0 Å². The Morgan fingerprint density at radius 1 is 1.19 bits per heavy atom. The number of anilines is 1. The summed E-state index contributed by atoms with van der Waals surface area (Å²) in [7, 11) is 0. The molecule has 1 fully saturated rings. The van der Waals surface area contributed by atoms with Gasteiger partial charge in [-0.2, -0.15) is 5.26 Å². The van der Waals surface area contributed by atoms with E-state index in [2.05, 4.69) is 29.8 Å². The first kappa shape index (κ1) is 19.1. The summed E-state index contributed by atoms with van der Waals surface area (Å²) in [6, 6.07) is 9.62. The summed E-state index contributed by atoms with van der Waals surface area (Å²) in [6.45, 7) is 9.64. The van der Waals surface area contributed by atoms with Gasteiger partial charge in [-0.15, -0.1) is 0 Å². The molecule has 6 nitrogen and oxygen atoms in total. The molecule has 1 aliphatic heterocycles. The molecule has 0 N–H and O–H groups in total. The molecule has 1 aromatic heterocycles. The highest BCUT2D eigenvalue weighted by Gasteiger charge is 2.32. The van der Waals surface area contributed by atoms with E-state index in [0.29, 0.717) is 28.9 Å². The van der Waals surface area contributed by atoms with Gasteiger partial charge in [0.25, 0.3) is 0 Å². The quantitative estimate of drug-likeness (QED) is 0.768. The van der Waals surface area contributed by atoms with Gasteiger partial charge in [-0.25, -0.2) is 9.97 Å². The zero-order valence-corrected chi connectivity index (χ0v) is 16.3. The van der Waals surface area contributed by atoms with Crippen molar-refractivity contribution in [2.45, 2.75) is 46.1 Å². The number of piperidine rings is 1. The highest BCUT2D eigenvalue weighted by Crippen LogP contribution is 2.32. The largest absolute Gasteiger partial charge is 0.462 e. The lowest BCUT2D eigenvalue weighted by Gasteiger charge is -2.36. The van der Waals surface area contributed by atoms with E-state index in [9.17, 15) is 10.1 Å². The highest BCUT2D eigenvalue weighted by molar-refractivity contribution is 5.85. The maximum atomic E-state index is 12.6. The normalized spacial score (nSPS) is 21.1. The van der Waals surface area contributed by atoms with Crippen LogP contribution in [-0.4, -0.2) is 35.1 Å². The lowest BCUT2D eigenvalue weighted by molar-refractivity contribution is -0.147. The van der Waals surface area contributed by atoms with E-state index in [1.54, 1.807) is 13.8 Å². The smallest absolute Gasteiger partial charge is 0.329 e. The Hall–Kier alpha value is -2.68. The van der Waals surface area contributed by atoms with Gasteiger partial charge >= 0.3 is 5.97 Å². The maximum Gasteiger partial charge on any atom is 0.329 e. The van der Waals surface area contributed by atoms with E-state index < -0.39 is 11.9 Å². The number of ether oxygens (including phenoxy) is 1. The molecule has 0 aliphatic carbocycles. The van der Waals surface area contributed by atoms with Gasteiger partial charge in [-0.05, 0) is 44.2 Å². The fourth-order valence-corrected chi connectivity index (χ4v) is 3.79. The molecule has 2 heterocycles. The predicted octanol–water partition coefficient (Wildman–Crippen LogP) is 3.67. The zero-order valence-electron chi connectivity index (χ0n) is 16.3. The molecule has 27 heavy (non-hydrogen) atoms. The average Bonchev–Trinajstić information content (AvgIpc) is 2.60. The lowest BCUT2D eigenvalue weighted by atomic mass is 9.91. The third kappa shape index (κ3) is 4.19. The molecule has 0 bridgehead atoms. The van der Waals surface area contributed by atoms with Crippen molar-refractivity contribution < 1.29 is 9.53 Å². The number of benzene rings is 1. The van der Waals surface area contributed by atoms with Crippen LogP contribution in [0.25, 0.3) is 11.0 Å². The summed E-state index contributed by atoms with van der Waals surface area (Å²) in [6.07, 6.45) is 0.865. The molecule has 1 aliphatic rings. The van der Waals surface area contributed by atoms with Gasteiger partial charge in [0, 0.05) is 13.1 Å². The number of nitrogens with zero attached hydrogens (tertiary/aromatic N) is 4. The topological polar surface area (TPSA) is 79.1 Å². The SMILES string of the molecule is CC(C)OC(=O)[C@@H](C#N)c1nc2ccccc2nc1N1C[C@@H](C)C[C@H](C)C1. The fraction of sp³-hybridized carbons (Fsp3) is 0.524. The van der Waals surface area contributed by atoms with Crippen LogP contribution < -0.4 is 4.90 Å². The van der Waals surface area contributed by atoms with Crippen LogP contribution in [0.3, 0.4) is 0 Å². The Morgan fingerprint density at radius 2 is 1.78 bits per heavy atom. The molecular weight excluding hydrogens is 340 g/mol.